The van der Waals surface area contributed by atoms with Crippen molar-refractivity contribution in [3.8, 4) is 33.8 Å². The Bertz CT molecular complexity index is 2680. The van der Waals surface area contributed by atoms with Crippen molar-refractivity contribution >= 4 is 28.2 Å². The zero-order valence-electron chi connectivity index (χ0n) is 35.4. The fourth-order valence-corrected chi connectivity index (χ4v) is 8.40. The summed E-state index contributed by atoms with van der Waals surface area (Å²) in [4.78, 5) is 2.48. The summed E-state index contributed by atoms with van der Waals surface area (Å²) in [6.45, 7) is 13.7. The van der Waals surface area contributed by atoms with Gasteiger partial charge in [-0.3, -0.25) is 0 Å². The van der Waals surface area contributed by atoms with Crippen LogP contribution in [-0.4, -0.2) is 0 Å². The van der Waals surface area contributed by atoms with Crippen LogP contribution in [0.4, 0.5) is 17.1 Å². The van der Waals surface area contributed by atoms with Crippen LogP contribution in [0.2, 0.25) is 0 Å². The topological polar surface area (TPSA) is 12.5 Å². The lowest BCUT2D eigenvalue weighted by molar-refractivity contribution is 0.474. The molecule has 60 heavy (non-hydrogen) atoms. The van der Waals surface area contributed by atoms with Gasteiger partial charge in [-0.05, 0) is 98.3 Å². The second kappa shape index (κ2) is 15.7. The molecule has 0 saturated carbocycles. The average molecular weight is 778 g/mol. The molecule has 0 amide bonds. The molecule has 2 heteroatoms. The van der Waals surface area contributed by atoms with E-state index in [2.05, 4.69) is 247 Å². The highest BCUT2D eigenvalue weighted by Gasteiger charge is 2.30. The molecule has 9 rings (SSSR count). The van der Waals surface area contributed by atoms with E-state index in [-0.39, 0.29) is 10.8 Å². The second-order valence-corrected chi connectivity index (χ2v) is 17.8. The van der Waals surface area contributed by atoms with Gasteiger partial charge in [-0.15, -0.1) is 0 Å². The Hall–Kier alpha value is -6.90. The molecule has 0 spiro atoms. The van der Waals surface area contributed by atoms with Crippen LogP contribution in [-0.2, 0) is 10.8 Å². The van der Waals surface area contributed by atoms with Gasteiger partial charge >= 0.3 is 0 Å². The summed E-state index contributed by atoms with van der Waals surface area (Å²) in [5.41, 5.74) is 17.1. The van der Waals surface area contributed by atoms with E-state index in [1.165, 1.54) is 33.4 Å². The van der Waals surface area contributed by atoms with Gasteiger partial charge in [0.25, 0.3) is 0 Å². The van der Waals surface area contributed by atoms with E-state index in [0.717, 1.165) is 62.0 Å². The smallest absolute Gasteiger partial charge is 0.135 e. The zero-order valence-corrected chi connectivity index (χ0v) is 35.4. The van der Waals surface area contributed by atoms with Gasteiger partial charge in [0, 0.05) is 33.5 Å². The number of rotatable bonds is 7. The van der Waals surface area contributed by atoms with Crippen LogP contribution in [0.1, 0.15) is 74.9 Å². The van der Waals surface area contributed by atoms with Crippen molar-refractivity contribution in [3.63, 3.8) is 0 Å². The van der Waals surface area contributed by atoms with E-state index in [4.69, 9.17) is 4.74 Å². The third kappa shape index (κ3) is 7.46. The maximum Gasteiger partial charge on any atom is 0.135 e. The van der Waals surface area contributed by atoms with Gasteiger partial charge in [0.05, 0.1) is 11.4 Å². The SMILES string of the molecule is CC(C)(C)c1ccc(N(c2ccc3c(c2)C(=C(c2ccccc2)c2ccccc2)c2ccccc2O3)c2ccc(C(C)(C)C)cc2-c2ccccc2)c(-c2ccccc2)c1. The van der Waals surface area contributed by atoms with Crippen molar-refractivity contribution in [2.45, 2.75) is 52.4 Å². The summed E-state index contributed by atoms with van der Waals surface area (Å²) in [6.07, 6.45) is 0. The van der Waals surface area contributed by atoms with Gasteiger partial charge in [0.1, 0.15) is 11.5 Å². The van der Waals surface area contributed by atoms with Crippen LogP contribution >= 0.6 is 0 Å². The van der Waals surface area contributed by atoms with Crippen LogP contribution in [0.25, 0.3) is 33.4 Å². The molecule has 0 N–H and O–H groups in total. The molecule has 0 aromatic heterocycles. The summed E-state index contributed by atoms with van der Waals surface area (Å²) in [7, 11) is 0. The third-order valence-electron chi connectivity index (χ3n) is 11.6. The minimum absolute atomic E-state index is 0.0437. The highest BCUT2D eigenvalue weighted by molar-refractivity contribution is 6.08. The van der Waals surface area contributed by atoms with Gasteiger partial charge in [0.15, 0.2) is 0 Å². The predicted molar refractivity (Wildman–Crippen MR) is 254 cm³/mol. The normalized spacial score (nSPS) is 12.3. The van der Waals surface area contributed by atoms with Crippen molar-refractivity contribution in [2.24, 2.45) is 0 Å². The number of nitrogens with zero attached hydrogens (tertiary/aromatic N) is 1. The van der Waals surface area contributed by atoms with E-state index in [1.54, 1.807) is 0 Å². The Kier molecular flexibility index (Phi) is 10.1. The van der Waals surface area contributed by atoms with E-state index >= 15 is 0 Å². The molecule has 0 saturated heterocycles. The van der Waals surface area contributed by atoms with Crippen LogP contribution in [0, 0.1) is 0 Å². The molecule has 1 heterocycles. The largest absolute Gasteiger partial charge is 0.456 e. The Balaban J connectivity index is 1.39. The van der Waals surface area contributed by atoms with Crippen molar-refractivity contribution in [3.05, 3.63) is 234 Å². The van der Waals surface area contributed by atoms with Crippen molar-refractivity contribution in [1.82, 2.24) is 0 Å². The highest BCUT2D eigenvalue weighted by atomic mass is 16.5. The molecule has 0 unspecified atom stereocenters. The van der Waals surface area contributed by atoms with Crippen LogP contribution in [0.3, 0.4) is 0 Å². The number of fused-ring (bicyclic) bond motifs is 2. The Labute approximate surface area is 356 Å². The van der Waals surface area contributed by atoms with Gasteiger partial charge in [-0.1, -0.05) is 193 Å². The summed E-state index contributed by atoms with van der Waals surface area (Å²) in [5, 5.41) is 0. The van der Waals surface area contributed by atoms with E-state index in [9.17, 15) is 0 Å². The summed E-state index contributed by atoms with van der Waals surface area (Å²) >= 11 is 0. The lowest BCUT2D eigenvalue weighted by Gasteiger charge is -2.33. The monoisotopic (exact) mass is 777 g/mol. The molecule has 294 valence electrons. The quantitative estimate of drug-likeness (QED) is 0.160. The van der Waals surface area contributed by atoms with E-state index in [1.807, 2.05) is 0 Å². The Morgan fingerprint density at radius 1 is 0.383 bits per heavy atom. The van der Waals surface area contributed by atoms with Crippen LogP contribution in [0.15, 0.2) is 200 Å². The van der Waals surface area contributed by atoms with Gasteiger partial charge in [-0.2, -0.15) is 0 Å². The Morgan fingerprint density at radius 3 is 1.30 bits per heavy atom. The zero-order chi connectivity index (χ0) is 41.4. The number of hydrogen-bond donors (Lipinski definition) is 0. The van der Waals surface area contributed by atoms with Gasteiger partial charge < -0.3 is 9.64 Å². The first-order chi connectivity index (χ1) is 29.0. The molecule has 1 aliphatic rings. The number of para-hydroxylation sites is 1. The fraction of sp³-hybridized carbons (Fsp3) is 0.138. The van der Waals surface area contributed by atoms with E-state index < -0.39 is 0 Å². The standard InChI is InChI=1S/C58H51NO/c1-57(2,3)44-31-34-51(48(37-44)40-21-11-7-12-22-40)59(52-35-32-45(58(4,5)6)38-49(52)41-23-13-8-14-24-41)46-33-36-54-50(39-46)56(47-29-19-20-30-53(47)60-54)55(42-25-15-9-16-26-42)43-27-17-10-18-28-43/h7-39H,1-6H3. The maximum absolute atomic E-state index is 6.82. The number of hydrogen-bond acceptors (Lipinski definition) is 2. The molecule has 8 aromatic carbocycles. The lowest BCUT2D eigenvalue weighted by Crippen LogP contribution is -2.17. The maximum atomic E-state index is 6.82. The first-order valence-corrected chi connectivity index (χ1v) is 21.0. The van der Waals surface area contributed by atoms with Gasteiger partial charge in [0.2, 0.25) is 0 Å². The molecule has 1 aliphatic heterocycles. The molecular formula is C58H51NO. The summed E-state index contributed by atoms with van der Waals surface area (Å²) in [6, 6.07) is 72.5. The molecule has 0 bridgehead atoms. The minimum Gasteiger partial charge on any atom is -0.456 e. The molecule has 8 aromatic rings. The Morgan fingerprint density at radius 2 is 0.817 bits per heavy atom. The average Bonchev–Trinajstić information content (AvgIpc) is 3.27. The van der Waals surface area contributed by atoms with E-state index in [0.29, 0.717) is 0 Å². The molecule has 2 nitrogen and oxygen atoms in total. The van der Waals surface area contributed by atoms with Crippen LogP contribution < -0.4 is 9.64 Å². The molecule has 0 fully saturated rings. The minimum atomic E-state index is -0.0437. The molecule has 0 radical (unpaired) electrons. The lowest BCUT2D eigenvalue weighted by atomic mass is 9.83. The molecular weight excluding hydrogens is 727 g/mol. The second-order valence-electron chi connectivity index (χ2n) is 17.8. The molecule has 0 atom stereocenters. The number of benzene rings is 8. The van der Waals surface area contributed by atoms with Crippen LogP contribution in [0.5, 0.6) is 11.5 Å². The predicted octanol–water partition coefficient (Wildman–Crippen LogP) is 16.2. The molecule has 0 aliphatic carbocycles. The third-order valence-corrected chi connectivity index (χ3v) is 11.6. The fourth-order valence-electron chi connectivity index (χ4n) is 8.40. The van der Waals surface area contributed by atoms with Crippen molar-refractivity contribution in [2.75, 3.05) is 4.90 Å². The first kappa shape index (κ1) is 38.6. The highest BCUT2D eigenvalue weighted by Crippen LogP contribution is 2.52. The first-order valence-electron chi connectivity index (χ1n) is 21.0. The number of ether oxygens (including phenoxy) is 1. The van der Waals surface area contributed by atoms with Crippen molar-refractivity contribution < 1.29 is 4.74 Å². The summed E-state index contributed by atoms with van der Waals surface area (Å²) in [5.74, 6) is 1.68. The number of anilines is 3. The summed E-state index contributed by atoms with van der Waals surface area (Å²) < 4.78 is 6.82. The van der Waals surface area contributed by atoms with Gasteiger partial charge in [-0.25, -0.2) is 0 Å². The van der Waals surface area contributed by atoms with Crippen molar-refractivity contribution in [1.29, 1.82) is 0 Å².